The fourth-order valence-electron chi connectivity index (χ4n) is 2.74. The predicted molar refractivity (Wildman–Crippen MR) is 92.5 cm³/mol. The van der Waals surface area contributed by atoms with Gasteiger partial charge >= 0.3 is 0 Å². The molecule has 1 aromatic carbocycles. The third kappa shape index (κ3) is 3.75. The largest absolute Gasteiger partial charge is 0.375 e. The van der Waals surface area contributed by atoms with Gasteiger partial charge < -0.3 is 5.73 Å². The third-order valence-electron chi connectivity index (χ3n) is 3.91. The van der Waals surface area contributed by atoms with Gasteiger partial charge in [-0.2, -0.15) is 0 Å². The van der Waals surface area contributed by atoms with Crippen molar-refractivity contribution in [3.63, 3.8) is 0 Å². The first-order valence-electron chi connectivity index (χ1n) is 7.50. The van der Waals surface area contributed by atoms with E-state index in [2.05, 4.69) is 9.88 Å². The number of thiazole rings is 1. The SMILES string of the molecule is Nc1nc2c(s1)CCN(CC=Cc1ccccc1[N+](=O)[O-])CC2. The molecule has 2 N–H and O–H groups in total. The van der Waals surface area contributed by atoms with Crippen molar-refractivity contribution in [1.82, 2.24) is 9.88 Å². The second kappa shape index (κ2) is 6.89. The summed E-state index contributed by atoms with van der Waals surface area (Å²) in [4.78, 5) is 18.6. The topological polar surface area (TPSA) is 85.3 Å². The van der Waals surface area contributed by atoms with E-state index >= 15 is 0 Å². The van der Waals surface area contributed by atoms with Crippen LogP contribution in [0.2, 0.25) is 0 Å². The van der Waals surface area contributed by atoms with E-state index in [9.17, 15) is 10.1 Å². The predicted octanol–water partition coefficient (Wildman–Crippen LogP) is 2.75. The zero-order chi connectivity index (χ0) is 16.2. The fraction of sp³-hybridized carbons (Fsp3) is 0.312. The summed E-state index contributed by atoms with van der Waals surface area (Å²) in [6.45, 7) is 2.66. The lowest BCUT2D eigenvalue weighted by atomic mass is 10.1. The van der Waals surface area contributed by atoms with Crippen LogP contribution in [0.3, 0.4) is 0 Å². The minimum Gasteiger partial charge on any atom is -0.375 e. The maximum Gasteiger partial charge on any atom is 0.276 e. The van der Waals surface area contributed by atoms with Crippen molar-refractivity contribution in [2.75, 3.05) is 25.4 Å². The summed E-state index contributed by atoms with van der Waals surface area (Å²) in [6.07, 6.45) is 5.68. The third-order valence-corrected chi connectivity index (χ3v) is 4.90. The number of nitrogens with two attached hydrogens (primary N) is 1. The van der Waals surface area contributed by atoms with Crippen LogP contribution in [0.5, 0.6) is 0 Å². The van der Waals surface area contributed by atoms with Crippen molar-refractivity contribution in [3.05, 3.63) is 56.6 Å². The highest BCUT2D eigenvalue weighted by molar-refractivity contribution is 7.15. The Balaban J connectivity index is 1.61. The van der Waals surface area contributed by atoms with Crippen LogP contribution >= 0.6 is 11.3 Å². The Morgan fingerprint density at radius 1 is 1.35 bits per heavy atom. The average Bonchev–Trinajstić information content (AvgIpc) is 2.79. The normalized spacial score (nSPS) is 15.5. The molecule has 1 aliphatic rings. The molecule has 0 unspecified atom stereocenters. The van der Waals surface area contributed by atoms with Gasteiger partial charge in [-0.3, -0.25) is 15.0 Å². The smallest absolute Gasteiger partial charge is 0.276 e. The first-order chi connectivity index (χ1) is 11.1. The number of anilines is 1. The summed E-state index contributed by atoms with van der Waals surface area (Å²) >= 11 is 1.58. The molecule has 1 aliphatic heterocycles. The zero-order valence-electron chi connectivity index (χ0n) is 12.6. The second-order valence-electron chi connectivity index (χ2n) is 5.44. The Labute approximate surface area is 138 Å². The van der Waals surface area contributed by atoms with Crippen molar-refractivity contribution in [3.8, 4) is 0 Å². The number of hydrogen-bond acceptors (Lipinski definition) is 6. The van der Waals surface area contributed by atoms with E-state index in [-0.39, 0.29) is 10.6 Å². The number of hydrogen-bond donors (Lipinski definition) is 1. The van der Waals surface area contributed by atoms with Crippen LogP contribution in [0.4, 0.5) is 10.8 Å². The quantitative estimate of drug-likeness (QED) is 0.688. The Hall–Kier alpha value is -2.25. The molecule has 0 spiro atoms. The molecule has 2 heterocycles. The average molecular weight is 330 g/mol. The summed E-state index contributed by atoms with van der Waals surface area (Å²) < 4.78 is 0. The van der Waals surface area contributed by atoms with Crippen LogP contribution in [-0.2, 0) is 12.8 Å². The molecular formula is C16H18N4O2S. The van der Waals surface area contributed by atoms with E-state index in [1.165, 1.54) is 10.9 Å². The van der Waals surface area contributed by atoms with Crippen molar-refractivity contribution < 1.29 is 4.92 Å². The first kappa shape index (κ1) is 15.6. The van der Waals surface area contributed by atoms with E-state index in [0.29, 0.717) is 10.7 Å². The Morgan fingerprint density at radius 2 is 2.13 bits per heavy atom. The Morgan fingerprint density at radius 3 is 2.96 bits per heavy atom. The van der Waals surface area contributed by atoms with Gasteiger partial charge in [-0.15, -0.1) is 11.3 Å². The highest BCUT2D eigenvalue weighted by atomic mass is 32.1. The second-order valence-corrected chi connectivity index (χ2v) is 6.56. The molecule has 0 bridgehead atoms. The van der Waals surface area contributed by atoms with E-state index in [1.54, 1.807) is 23.5 Å². The number of aromatic nitrogens is 1. The van der Waals surface area contributed by atoms with Crippen LogP contribution < -0.4 is 5.73 Å². The van der Waals surface area contributed by atoms with E-state index < -0.39 is 0 Å². The van der Waals surface area contributed by atoms with Crippen LogP contribution in [0.25, 0.3) is 6.08 Å². The fourth-order valence-corrected chi connectivity index (χ4v) is 3.60. The number of fused-ring (bicyclic) bond motifs is 1. The molecule has 0 radical (unpaired) electrons. The maximum absolute atomic E-state index is 11.0. The molecule has 0 atom stereocenters. The van der Waals surface area contributed by atoms with Crippen molar-refractivity contribution in [2.45, 2.75) is 12.8 Å². The van der Waals surface area contributed by atoms with Gasteiger partial charge in [0.2, 0.25) is 0 Å². The molecule has 120 valence electrons. The summed E-state index contributed by atoms with van der Waals surface area (Å²) in [5.41, 5.74) is 7.66. The number of nitrogens with zero attached hydrogens (tertiary/aromatic N) is 3. The number of nitrogen functional groups attached to an aromatic ring is 1. The van der Waals surface area contributed by atoms with Gasteiger partial charge in [0, 0.05) is 37.0 Å². The molecule has 0 amide bonds. The van der Waals surface area contributed by atoms with Crippen LogP contribution in [0.15, 0.2) is 30.3 Å². The molecule has 3 rings (SSSR count). The van der Waals surface area contributed by atoms with Gasteiger partial charge in [-0.25, -0.2) is 4.98 Å². The molecule has 0 fully saturated rings. The van der Waals surface area contributed by atoms with Crippen molar-refractivity contribution >= 4 is 28.2 Å². The number of nitro groups is 1. The maximum atomic E-state index is 11.0. The number of benzene rings is 1. The number of para-hydroxylation sites is 1. The Bertz CT molecular complexity index is 716. The molecule has 6 nitrogen and oxygen atoms in total. The highest BCUT2D eigenvalue weighted by Crippen LogP contribution is 2.24. The van der Waals surface area contributed by atoms with E-state index in [4.69, 9.17) is 5.73 Å². The lowest BCUT2D eigenvalue weighted by Gasteiger charge is -2.17. The van der Waals surface area contributed by atoms with Crippen LogP contribution in [0.1, 0.15) is 16.1 Å². The van der Waals surface area contributed by atoms with Crippen molar-refractivity contribution in [1.29, 1.82) is 0 Å². The summed E-state index contributed by atoms with van der Waals surface area (Å²) in [6, 6.07) is 6.79. The van der Waals surface area contributed by atoms with Crippen LogP contribution in [-0.4, -0.2) is 34.4 Å². The van der Waals surface area contributed by atoms with E-state index in [1.807, 2.05) is 18.2 Å². The first-order valence-corrected chi connectivity index (χ1v) is 8.31. The molecule has 0 saturated heterocycles. The van der Waals surface area contributed by atoms with Gasteiger partial charge in [0.1, 0.15) is 0 Å². The van der Waals surface area contributed by atoms with Crippen LogP contribution in [0, 0.1) is 10.1 Å². The standard InChI is InChI=1S/C16H18N4O2S/c17-16-18-13-7-10-19(11-8-15(13)23-16)9-3-5-12-4-1-2-6-14(12)20(21)22/h1-6H,7-11H2,(H2,17,18). The van der Waals surface area contributed by atoms with Gasteiger partial charge in [0.15, 0.2) is 5.13 Å². The minimum atomic E-state index is -0.348. The molecule has 7 heteroatoms. The van der Waals surface area contributed by atoms with Gasteiger partial charge in [0.25, 0.3) is 5.69 Å². The summed E-state index contributed by atoms with van der Waals surface area (Å²) in [7, 11) is 0. The molecular weight excluding hydrogens is 312 g/mol. The minimum absolute atomic E-state index is 0.140. The Kier molecular flexibility index (Phi) is 4.68. The van der Waals surface area contributed by atoms with Gasteiger partial charge in [-0.05, 0) is 12.5 Å². The lowest BCUT2D eigenvalue weighted by Crippen LogP contribution is -2.26. The molecule has 0 saturated carbocycles. The summed E-state index contributed by atoms with van der Waals surface area (Å²) in [5.74, 6) is 0. The highest BCUT2D eigenvalue weighted by Gasteiger charge is 2.16. The summed E-state index contributed by atoms with van der Waals surface area (Å²) in [5, 5.41) is 11.7. The monoisotopic (exact) mass is 330 g/mol. The lowest BCUT2D eigenvalue weighted by molar-refractivity contribution is -0.385. The molecule has 0 aliphatic carbocycles. The van der Waals surface area contributed by atoms with E-state index in [0.717, 1.165) is 38.2 Å². The van der Waals surface area contributed by atoms with Gasteiger partial charge in [0.05, 0.1) is 16.2 Å². The van der Waals surface area contributed by atoms with Gasteiger partial charge in [-0.1, -0.05) is 24.3 Å². The number of nitro benzene ring substituents is 1. The molecule has 2 aromatic rings. The molecule has 23 heavy (non-hydrogen) atoms. The number of rotatable bonds is 4. The molecule has 1 aromatic heterocycles. The zero-order valence-corrected chi connectivity index (χ0v) is 13.5. The van der Waals surface area contributed by atoms with Crippen molar-refractivity contribution in [2.24, 2.45) is 0 Å².